The Morgan fingerprint density at radius 1 is 1.09 bits per heavy atom. The van der Waals surface area contributed by atoms with E-state index in [9.17, 15) is 13.2 Å². The Kier molecular flexibility index (Phi) is 5.16. The van der Waals surface area contributed by atoms with Crippen LogP contribution >= 0.6 is 22.7 Å². The number of nitrogens with two attached hydrogens (primary N) is 1. The molecule has 1 aliphatic rings. The van der Waals surface area contributed by atoms with Crippen LogP contribution in [0.1, 0.15) is 12.1 Å². The molecule has 1 saturated heterocycles. The summed E-state index contributed by atoms with van der Waals surface area (Å²) in [4.78, 5) is 29.3. The van der Waals surface area contributed by atoms with Gasteiger partial charge in [0.2, 0.25) is 10.0 Å². The van der Waals surface area contributed by atoms with Crippen LogP contribution < -0.4 is 14.9 Å². The number of pyridine rings is 1. The lowest BCUT2D eigenvalue weighted by atomic mass is 10.1. The van der Waals surface area contributed by atoms with E-state index in [1.165, 1.54) is 4.90 Å². The molecular formula is C20H18N6O3S3. The fourth-order valence-electron chi connectivity index (χ4n) is 3.70. The van der Waals surface area contributed by atoms with Gasteiger partial charge in [-0.1, -0.05) is 23.5 Å². The van der Waals surface area contributed by atoms with E-state index in [0.717, 1.165) is 44.8 Å². The summed E-state index contributed by atoms with van der Waals surface area (Å²) in [5.41, 5.74) is 5.70. The number of fused-ring (bicyclic) bond motifs is 1. The van der Waals surface area contributed by atoms with Gasteiger partial charge in [0, 0.05) is 30.5 Å². The maximum atomic E-state index is 13.2. The number of urea groups is 1. The molecule has 2 N–H and O–H groups in total. The van der Waals surface area contributed by atoms with Crippen molar-refractivity contribution in [1.29, 1.82) is 0 Å². The number of hydrogen-bond acceptors (Lipinski definition) is 8. The molecule has 32 heavy (non-hydrogen) atoms. The van der Waals surface area contributed by atoms with Crippen LogP contribution in [0.4, 0.5) is 15.6 Å². The van der Waals surface area contributed by atoms with Crippen LogP contribution in [0.3, 0.4) is 0 Å². The molecule has 5 rings (SSSR count). The summed E-state index contributed by atoms with van der Waals surface area (Å²) < 4.78 is 24.6. The van der Waals surface area contributed by atoms with Gasteiger partial charge in [0.25, 0.3) is 0 Å². The molecule has 0 radical (unpaired) electrons. The number of aryl methyl sites for hydroxylation is 1. The first-order valence-corrected chi connectivity index (χ1v) is 12.9. The highest BCUT2D eigenvalue weighted by Crippen LogP contribution is 2.34. The number of anilines is 2. The van der Waals surface area contributed by atoms with Gasteiger partial charge < -0.3 is 0 Å². The fraction of sp³-hybridized carbons (Fsp3) is 0.200. The lowest BCUT2D eigenvalue weighted by Crippen LogP contribution is -2.49. The number of hydrogen-bond donors (Lipinski definition) is 1. The van der Waals surface area contributed by atoms with Gasteiger partial charge in [-0.25, -0.2) is 28.3 Å². The Hall–Kier alpha value is -2.93. The minimum absolute atomic E-state index is 0.0207. The second-order valence-corrected chi connectivity index (χ2v) is 10.9. The number of rotatable bonds is 4. The number of nitrogens with zero attached hydrogens (tertiary/aromatic N) is 5. The Morgan fingerprint density at radius 2 is 1.84 bits per heavy atom. The summed E-state index contributed by atoms with van der Waals surface area (Å²) in [6, 6.07) is 7.48. The van der Waals surface area contributed by atoms with Crippen LogP contribution in [0, 0.1) is 6.92 Å². The van der Waals surface area contributed by atoms with Crippen molar-refractivity contribution in [2.75, 3.05) is 22.9 Å². The third-order valence-corrected chi connectivity index (χ3v) is 8.80. The van der Waals surface area contributed by atoms with Gasteiger partial charge in [0.1, 0.15) is 5.52 Å². The molecule has 164 valence electrons. The van der Waals surface area contributed by atoms with Crippen molar-refractivity contribution in [3.8, 4) is 11.1 Å². The highest BCUT2D eigenvalue weighted by molar-refractivity contribution is 7.91. The number of sulfonamides is 1. The first-order valence-electron chi connectivity index (χ1n) is 9.70. The third kappa shape index (κ3) is 3.64. The predicted octanol–water partition coefficient (Wildman–Crippen LogP) is 3.61. The molecular weight excluding hydrogens is 468 g/mol. The SMILES string of the molecule is Cc1nc(N2CCCN(c3ccc(-c4cncc5ncsc45)cc3)C2=O)sc1S(N)(=O)=O. The number of benzene rings is 1. The molecule has 0 bridgehead atoms. The molecule has 1 fully saturated rings. The van der Waals surface area contributed by atoms with E-state index < -0.39 is 10.0 Å². The minimum atomic E-state index is -3.88. The van der Waals surface area contributed by atoms with Gasteiger partial charge in [-0.3, -0.25) is 14.8 Å². The lowest BCUT2D eigenvalue weighted by Gasteiger charge is -2.34. The molecule has 0 unspecified atom stereocenters. The van der Waals surface area contributed by atoms with Crippen LogP contribution in [0.25, 0.3) is 21.3 Å². The maximum Gasteiger partial charge on any atom is 0.330 e. The zero-order valence-electron chi connectivity index (χ0n) is 16.9. The van der Waals surface area contributed by atoms with E-state index in [1.807, 2.05) is 30.5 Å². The first-order chi connectivity index (χ1) is 15.3. The smallest absolute Gasteiger partial charge is 0.294 e. The van der Waals surface area contributed by atoms with Crippen molar-refractivity contribution >= 4 is 59.8 Å². The Labute approximate surface area is 192 Å². The fourth-order valence-corrected chi connectivity index (χ4v) is 6.47. The van der Waals surface area contributed by atoms with E-state index in [0.29, 0.717) is 23.9 Å². The largest absolute Gasteiger partial charge is 0.330 e. The molecule has 1 aliphatic heterocycles. The second-order valence-electron chi connectivity index (χ2n) is 7.29. The molecule has 2 amide bonds. The van der Waals surface area contributed by atoms with Gasteiger partial charge in [-0.15, -0.1) is 11.3 Å². The number of thiazole rings is 2. The monoisotopic (exact) mass is 486 g/mol. The van der Waals surface area contributed by atoms with Crippen LogP contribution in [0.2, 0.25) is 0 Å². The number of carbonyl (C=O) groups is 1. The summed E-state index contributed by atoms with van der Waals surface area (Å²) in [5, 5.41) is 5.60. The Bertz CT molecular complexity index is 1430. The Morgan fingerprint density at radius 3 is 2.56 bits per heavy atom. The van der Waals surface area contributed by atoms with Crippen molar-refractivity contribution in [2.45, 2.75) is 17.6 Å². The standard InChI is InChI=1S/C20H18N6O3S3/c1-12-18(32(21,28)29)31-19(24-12)26-8-2-7-25(20(26)27)14-5-3-13(4-6-14)15-9-22-10-16-17(15)30-11-23-16/h3-6,9-11H,2,7-8H2,1H3,(H2,21,28,29). The molecule has 0 aliphatic carbocycles. The van der Waals surface area contributed by atoms with Gasteiger partial charge in [0.05, 0.1) is 22.1 Å². The van der Waals surface area contributed by atoms with Crippen molar-refractivity contribution in [3.63, 3.8) is 0 Å². The zero-order valence-corrected chi connectivity index (χ0v) is 19.4. The van der Waals surface area contributed by atoms with Crippen molar-refractivity contribution in [3.05, 3.63) is 47.9 Å². The van der Waals surface area contributed by atoms with Crippen molar-refractivity contribution in [1.82, 2.24) is 15.0 Å². The van der Waals surface area contributed by atoms with Gasteiger partial charge in [0.15, 0.2) is 9.34 Å². The van der Waals surface area contributed by atoms with E-state index in [-0.39, 0.29) is 10.2 Å². The molecule has 0 spiro atoms. The summed E-state index contributed by atoms with van der Waals surface area (Å²) in [7, 11) is -3.88. The summed E-state index contributed by atoms with van der Waals surface area (Å²) in [6.45, 7) is 2.60. The van der Waals surface area contributed by atoms with E-state index >= 15 is 0 Å². The molecule has 0 atom stereocenters. The molecule has 4 heterocycles. The average molecular weight is 487 g/mol. The highest BCUT2D eigenvalue weighted by atomic mass is 32.2. The summed E-state index contributed by atoms with van der Waals surface area (Å²) >= 11 is 2.48. The van der Waals surface area contributed by atoms with Gasteiger partial charge >= 0.3 is 6.03 Å². The van der Waals surface area contributed by atoms with Gasteiger partial charge in [-0.2, -0.15) is 0 Å². The zero-order chi connectivity index (χ0) is 22.5. The normalized spacial score (nSPS) is 15.0. The van der Waals surface area contributed by atoms with Crippen LogP contribution in [-0.4, -0.2) is 42.5 Å². The van der Waals surface area contributed by atoms with Crippen LogP contribution in [0.5, 0.6) is 0 Å². The molecule has 0 saturated carbocycles. The minimum Gasteiger partial charge on any atom is -0.294 e. The first kappa shape index (κ1) is 20.9. The number of amides is 2. The van der Waals surface area contributed by atoms with E-state index in [1.54, 1.807) is 34.9 Å². The Balaban J connectivity index is 1.43. The molecule has 4 aromatic rings. The third-order valence-electron chi connectivity index (χ3n) is 5.19. The topological polar surface area (TPSA) is 122 Å². The highest BCUT2D eigenvalue weighted by Gasteiger charge is 2.31. The van der Waals surface area contributed by atoms with Crippen LogP contribution in [0.15, 0.2) is 46.4 Å². The molecule has 9 nitrogen and oxygen atoms in total. The van der Waals surface area contributed by atoms with Crippen LogP contribution in [-0.2, 0) is 10.0 Å². The van der Waals surface area contributed by atoms with Crippen molar-refractivity contribution < 1.29 is 13.2 Å². The molecule has 3 aromatic heterocycles. The molecule has 12 heteroatoms. The number of carbonyl (C=O) groups excluding carboxylic acids is 1. The number of aromatic nitrogens is 3. The summed E-state index contributed by atoms with van der Waals surface area (Å²) in [5.74, 6) is 0. The second kappa shape index (κ2) is 7.89. The summed E-state index contributed by atoms with van der Waals surface area (Å²) in [6.07, 6.45) is 4.28. The number of primary sulfonamides is 1. The quantitative estimate of drug-likeness (QED) is 0.470. The molecule has 1 aromatic carbocycles. The maximum absolute atomic E-state index is 13.2. The predicted molar refractivity (Wildman–Crippen MR) is 126 cm³/mol. The van der Waals surface area contributed by atoms with Crippen molar-refractivity contribution in [2.24, 2.45) is 5.14 Å². The van der Waals surface area contributed by atoms with E-state index in [2.05, 4.69) is 15.0 Å². The lowest BCUT2D eigenvalue weighted by molar-refractivity contribution is 0.248. The van der Waals surface area contributed by atoms with Gasteiger partial charge in [-0.05, 0) is 31.0 Å². The average Bonchev–Trinajstić information content (AvgIpc) is 3.40. The van der Waals surface area contributed by atoms with E-state index in [4.69, 9.17) is 5.14 Å².